The first-order valence-corrected chi connectivity index (χ1v) is 11.3. The van der Waals surface area contributed by atoms with Gasteiger partial charge in [0.05, 0.1) is 24.7 Å². The number of thioether (sulfide) groups is 1. The molecule has 3 aromatic rings. The summed E-state index contributed by atoms with van der Waals surface area (Å²) in [5.74, 6) is 1.75. The van der Waals surface area contributed by atoms with Crippen molar-refractivity contribution in [3.05, 3.63) is 83.9 Å². The van der Waals surface area contributed by atoms with Crippen LogP contribution in [0.15, 0.2) is 77.7 Å². The summed E-state index contributed by atoms with van der Waals surface area (Å²) in [5, 5.41) is 3.81. The Kier molecular flexibility index (Phi) is 6.42. The van der Waals surface area contributed by atoms with Gasteiger partial charge in [-0.1, -0.05) is 12.1 Å². The van der Waals surface area contributed by atoms with Crippen molar-refractivity contribution in [2.75, 3.05) is 38.0 Å². The van der Waals surface area contributed by atoms with Gasteiger partial charge in [-0.05, 0) is 78.7 Å². The van der Waals surface area contributed by atoms with E-state index in [2.05, 4.69) is 78.9 Å². The van der Waals surface area contributed by atoms with Gasteiger partial charge in [0.25, 0.3) is 0 Å². The maximum absolute atomic E-state index is 5.76. The second-order valence-corrected chi connectivity index (χ2v) is 8.73. The van der Waals surface area contributed by atoms with Crippen molar-refractivity contribution in [2.45, 2.75) is 17.1 Å². The number of benzene rings is 3. The summed E-state index contributed by atoms with van der Waals surface area (Å²) in [7, 11) is 5.81. The van der Waals surface area contributed by atoms with Crippen molar-refractivity contribution in [1.82, 2.24) is 0 Å². The Bertz CT molecular complexity index is 1060. The van der Waals surface area contributed by atoms with E-state index in [1.165, 1.54) is 16.1 Å². The molecule has 0 unspecified atom stereocenters. The fourth-order valence-electron chi connectivity index (χ4n) is 3.53. The van der Waals surface area contributed by atoms with Crippen LogP contribution >= 0.6 is 11.8 Å². The van der Waals surface area contributed by atoms with Crippen molar-refractivity contribution in [3.8, 4) is 11.5 Å². The smallest absolute Gasteiger partial charge is 0.120 e. The number of rotatable bonds is 6. The molecule has 1 aliphatic rings. The molecule has 0 aromatic heterocycles. The summed E-state index contributed by atoms with van der Waals surface area (Å²) < 4.78 is 11.1. The molecule has 0 radical (unpaired) electrons. The molecule has 1 N–H and O–H groups in total. The minimum atomic E-state index is 0.166. The molecule has 31 heavy (non-hydrogen) atoms. The zero-order chi connectivity index (χ0) is 21.8. The average Bonchev–Trinajstić information content (AvgIpc) is 2.99. The molecule has 1 atom stereocenters. The lowest BCUT2D eigenvalue weighted by Crippen LogP contribution is -2.08. The maximum atomic E-state index is 5.76. The number of anilines is 2. The van der Waals surface area contributed by atoms with Crippen molar-refractivity contribution in [1.29, 1.82) is 0 Å². The highest BCUT2D eigenvalue weighted by atomic mass is 32.2. The van der Waals surface area contributed by atoms with Gasteiger partial charge < -0.3 is 19.7 Å². The van der Waals surface area contributed by atoms with Crippen LogP contribution in [0.4, 0.5) is 11.4 Å². The molecule has 0 spiro atoms. The Labute approximate surface area is 188 Å². The number of ether oxygens (including phenoxy) is 2. The first-order chi connectivity index (χ1) is 15.1. The Hall–Kier alpha value is -3.05. The van der Waals surface area contributed by atoms with Crippen LogP contribution in [-0.2, 0) is 0 Å². The first-order valence-electron chi connectivity index (χ1n) is 10.4. The molecule has 0 fully saturated rings. The van der Waals surface area contributed by atoms with Gasteiger partial charge in [-0.3, -0.25) is 0 Å². The second-order valence-electron chi connectivity index (χ2n) is 7.55. The minimum Gasteiger partial charge on any atom is -0.497 e. The molecular formula is C26H28N2O2S. The molecule has 160 valence electrons. The van der Waals surface area contributed by atoms with E-state index in [1.54, 1.807) is 7.11 Å². The number of methoxy groups -OCH3 is 1. The van der Waals surface area contributed by atoms with Gasteiger partial charge in [0.15, 0.2) is 0 Å². The lowest BCUT2D eigenvalue weighted by molar-refractivity contribution is 0.339. The number of nitrogens with one attached hydrogen (secondary N) is 1. The van der Waals surface area contributed by atoms with Crippen molar-refractivity contribution in [2.24, 2.45) is 0 Å². The van der Waals surface area contributed by atoms with E-state index in [1.807, 2.05) is 36.9 Å². The predicted octanol–water partition coefficient (Wildman–Crippen LogP) is 6.46. The van der Waals surface area contributed by atoms with Crippen LogP contribution in [0, 0.1) is 0 Å². The Morgan fingerprint density at radius 2 is 1.65 bits per heavy atom. The molecular weight excluding hydrogens is 404 g/mol. The zero-order valence-corrected chi connectivity index (χ0v) is 19.2. The lowest BCUT2D eigenvalue weighted by atomic mass is 10.1. The van der Waals surface area contributed by atoms with Gasteiger partial charge in [0, 0.05) is 30.4 Å². The highest BCUT2D eigenvalue weighted by molar-refractivity contribution is 7.99. The number of fused-ring (bicyclic) bond motifs is 1. The molecule has 3 aromatic carbocycles. The van der Waals surface area contributed by atoms with Gasteiger partial charge in [0.2, 0.25) is 0 Å². The Morgan fingerprint density at radius 1 is 0.935 bits per heavy atom. The van der Waals surface area contributed by atoms with Gasteiger partial charge in [-0.25, -0.2) is 0 Å². The molecule has 5 heteroatoms. The van der Waals surface area contributed by atoms with E-state index >= 15 is 0 Å². The third-order valence-electron chi connectivity index (χ3n) is 5.24. The van der Waals surface area contributed by atoms with Gasteiger partial charge in [-0.15, -0.1) is 11.8 Å². The molecule has 0 amide bonds. The topological polar surface area (TPSA) is 33.7 Å². The third kappa shape index (κ3) is 4.83. The monoisotopic (exact) mass is 432 g/mol. The van der Waals surface area contributed by atoms with Crippen LogP contribution in [0.25, 0.3) is 5.70 Å². The van der Waals surface area contributed by atoms with E-state index in [4.69, 9.17) is 9.47 Å². The van der Waals surface area contributed by atoms with Crippen molar-refractivity contribution < 1.29 is 9.47 Å². The van der Waals surface area contributed by atoms with Crippen LogP contribution in [0.5, 0.6) is 11.5 Å². The molecule has 0 saturated heterocycles. The predicted molar refractivity (Wildman–Crippen MR) is 132 cm³/mol. The van der Waals surface area contributed by atoms with Gasteiger partial charge in [-0.2, -0.15) is 0 Å². The van der Waals surface area contributed by atoms with Crippen LogP contribution in [0.1, 0.15) is 23.3 Å². The molecule has 0 saturated carbocycles. The van der Waals surface area contributed by atoms with Crippen molar-refractivity contribution in [3.63, 3.8) is 0 Å². The van der Waals surface area contributed by atoms with Crippen LogP contribution in [0.3, 0.4) is 0 Å². The summed E-state index contributed by atoms with van der Waals surface area (Å²) >= 11 is 1.83. The van der Waals surface area contributed by atoms with E-state index in [0.29, 0.717) is 6.61 Å². The summed E-state index contributed by atoms with van der Waals surface area (Å²) in [6.45, 7) is 2.66. The van der Waals surface area contributed by atoms with E-state index in [9.17, 15) is 0 Å². The lowest BCUT2D eigenvalue weighted by Gasteiger charge is -2.16. The third-order valence-corrected chi connectivity index (χ3v) is 6.50. The summed E-state index contributed by atoms with van der Waals surface area (Å²) in [5.41, 5.74) is 5.75. The molecule has 4 nitrogen and oxygen atoms in total. The second kappa shape index (κ2) is 9.40. The summed E-state index contributed by atoms with van der Waals surface area (Å²) in [6, 6.07) is 23.2. The van der Waals surface area contributed by atoms with Gasteiger partial charge >= 0.3 is 0 Å². The molecule has 4 rings (SSSR count). The molecule has 0 aliphatic carbocycles. The van der Waals surface area contributed by atoms with Crippen LogP contribution in [0.2, 0.25) is 0 Å². The Morgan fingerprint density at radius 3 is 2.29 bits per heavy atom. The highest BCUT2D eigenvalue weighted by Gasteiger charge is 2.20. The zero-order valence-electron chi connectivity index (χ0n) is 18.4. The van der Waals surface area contributed by atoms with Crippen molar-refractivity contribution >= 4 is 28.8 Å². The molecule has 1 aliphatic heterocycles. The quantitative estimate of drug-likeness (QED) is 0.483. The van der Waals surface area contributed by atoms with Crippen LogP contribution in [-0.4, -0.2) is 27.8 Å². The molecule has 1 heterocycles. The number of nitrogens with zero attached hydrogens (tertiary/aromatic N) is 1. The molecule has 0 bridgehead atoms. The largest absolute Gasteiger partial charge is 0.497 e. The first kappa shape index (κ1) is 21.2. The van der Waals surface area contributed by atoms with E-state index < -0.39 is 0 Å². The summed E-state index contributed by atoms with van der Waals surface area (Å²) in [4.78, 5) is 3.29. The Balaban J connectivity index is 1.75. The SMILES string of the molecule is CCOc1ccc2c(c1)S[C@H](c1ccc(N(C)C)cc1)C=C(c1ccc(OC)cc1)N2. The standard InChI is InChI=1S/C26H28N2O2S/c1-5-30-22-14-15-23-26(16-22)31-25(19-6-10-20(11-7-19)28(2)3)17-24(27-23)18-8-12-21(29-4)13-9-18/h6-17,25,27H,5H2,1-4H3/t25-/m0/s1. The number of hydrogen-bond donors (Lipinski definition) is 1. The van der Waals surface area contributed by atoms with E-state index in [-0.39, 0.29) is 5.25 Å². The number of hydrogen-bond acceptors (Lipinski definition) is 5. The maximum Gasteiger partial charge on any atom is 0.120 e. The fourth-order valence-corrected chi connectivity index (χ4v) is 4.74. The van der Waals surface area contributed by atoms with E-state index in [0.717, 1.165) is 28.4 Å². The van der Waals surface area contributed by atoms with Crippen LogP contribution < -0.4 is 19.7 Å². The van der Waals surface area contributed by atoms with Gasteiger partial charge in [0.1, 0.15) is 11.5 Å². The highest BCUT2D eigenvalue weighted by Crippen LogP contribution is 2.46. The minimum absolute atomic E-state index is 0.166. The summed E-state index contributed by atoms with van der Waals surface area (Å²) in [6.07, 6.45) is 2.30. The average molecular weight is 433 g/mol. The normalized spacial score (nSPS) is 15.2. The fraction of sp³-hybridized carbons (Fsp3) is 0.231.